The number of aryl methyl sites for hydroxylation is 1. The number of rotatable bonds is 3. The summed E-state index contributed by atoms with van der Waals surface area (Å²) < 4.78 is 1.69. The van der Waals surface area contributed by atoms with Gasteiger partial charge in [-0.25, -0.2) is 9.50 Å². The minimum Gasteiger partial charge on any atom is -0.352 e. The fourth-order valence-corrected chi connectivity index (χ4v) is 3.79. The lowest BCUT2D eigenvalue weighted by atomic mass is 9.98. The summed E-state index contributed by atoms with van der Waals surface area (Å²) in [6.45, 7) is 10.6. The largest absolute Gasteiger partial charge is 0.352 e. The van der Waals surface area contributed by atoms with Gasteiger partial charge in [0.05, 0.1) is 11.9 Å². The topological polar surface area (TPSA) is 79.6 Å². The Hall–Kier alpha value is -3.22. The Kier molecular flexibility index (Phi) is 4.84. The van der Waals surface area contributed by atoms with E-state index >= 15 is 0 Å². The maximum absolute atomic E-state index is 13.2. The van der Waals surface area contributed by atoms with Gasteiger partial charge in [-0.1, -0.05) is 43.7 Å². The van der Waals surface area contributed by atoms with Crippen LogP contribution >= 0.6 is 0 Å². The van der Waals surface area contributed by atoms with E-state index in [1.54, 1.807) is 29.5 Å². The van der Waals surface area contributed by atoms with E-state index < -0.39 is 5.54 Å². The van der Waals surface area contributed by atoms with Crippen molar-refractivity contribution in [3.63, 3.8) is 0 Å². The summed E-state index contributed by atoms with van der Waals surface area (Å²) in [5.41, 5.74) is 4.10. The van der Waals surface area contributed by atoms with E-state index in [0.29, 0.717) is 24.4 Å². The first kappa shape index (κ1) is 20.1. The van der Waals surface area contributed by atoms with E-state index in [1.165, 1.54) is 5.56 Å². The smallest absolute Gasteiger partial charge is 0.275 e. The van der Waals surface area contributed by atoms with Crippen molar-refractivity contribution in [2.45, 2.75) is 46.1 Å². The van der Waals surface area contributed by atoms with Crippen molar-refractivity contribution >= 4 is 17.5 Å². The summed E-state index contributed by atoms with van der Waals surface area (Å²) >= 11 is 0. The number of nitrogens with zero attached hydrogens (tertiary/aromatic N) is 4. The molecule has 2 aromatic heterocycles. The summed E-state index contributed by atoms with van der Waals surface area (Å²) in [5.74, 6) is -0.206. The molecular formula is C23H27N5O2. The molecule has 3 aromatic rings. The molecule has 0 bridgehead atoms. The number of fused-ring (bicyclic) bond motifs is 1. The van der Waals surface area contributed by atoms with E-state index in [1.807, 2.05) is 18.2 Å². The Morgan fingerprint density at radius 1 is 1.20 bits per heavy atom. The second-order valence-electron chi connectivity index (χ2n) is 8.67. The molecule has 1 saturated heterocycles. The quantitative estimate of drug-likeness (QED) is 0.726. The minimum absolute atomic E-state index is 0.159. The lowest BCUT2D eigenvalue weighted by molar-refractivity contribution is -0.133. The van der Waals surface area contributed by atoms with E-state index in [9.17, 15) is 9.59 Å². The fraction of sp³-hybridized carbons (Fsp3) is 0.391. The molecule has 1 aromatic carbocycles. The molecule has 3 heterocycles. The molecular weight excluding hydrogens is 378 g/mol. The van der Waals surface area contributed by atoms with Crippen LogP contribution in [0.5, 0.6) is 0 Å². The highest BCUT2D eigenvalue weighted by Crippen LogP contribution is 2.27. The Labute approximate surface area is 176 Å². The van der Waals surface area contributed by atoms with Gasteiger partial charge in [-0.2, -0.15) is 5.10 Å². The highest BCUT2D eigenvalue weighted by Gasteiger charge is 2.41. The molecule has 0 atom stereocenters. The van der Waals surface area contributed by atoms with Gasteiger partial charge in [-0.05, 0) is 32.8 Å². The summed E-state index contributed by atoms with van der Waals surface area (Å²) in [7, 11) is 0. The first-order chi connectivity index (χ1) is 14.2. The zero-order chi connectivity index (χ0) is 21.6. The van der Waals surface area contributed by atoms with Gasteiger partial charge in [0.1, 0.15) is 11.2 Å². The number of hydrogen-bond acceptors (Lipinski definition) is 4. The van der Waals surface area contributed by atoms with Crippen LogP contribution in [0.25, 0.3) is 16.9 Å². The molecule has 7 nitrogen and oxygen atoms in total. The normalized spacial score (nSPS) is 16.2. The molecule has 1 aliphatic rings. The Morgan fingerprint density at radius 3 is 2.57 bits per heavy atom. The van der Waals surface area contributed by atoms with E-state index in [-0.39, 0.29) is 17.7 Å². The Balaban J connectivity index is 1.80. The van der Waals surface area contributed by atoms with E-state index in [2.05, 4.69) is 43.2 Å². The second-order valence-corrected chi connectivity index (χ2v) is 8.67. The standard InChI is InChI=1S/C23H27N5O2/c1-14(2)17-12-18(16-8-6-15(3)7-9-16)26-28-13-19(25-20(17)28)21(29)27-11-10-24-22(30)23(27,4)5/h6-9,12-14H,10-11H2,1-5H3,(H,24,30). The first-order valence-corrected chi connectivity index (χ1v) is 10.3. The van der Waals surface area contributed by atoms with Crippen LogP contribution in [-0.4, -0.2) is 49.9 Å². The summed E-state index contributed by atoms with van der Waals surface area (Å²) in [6, 6.07) is 10.3. The third kappa shape index (κ3) is 3.34. The van der Waals surface area contributed by atoms with Crippen molar-refractivity contribution < 1.29 is 9.59 Å². The average molecular weight is 406 g/mol. The van der Waals surface area contributed by atoms with Crippen LogP contribution in [-0.2, 0) is 4.79 Å². The van der Waals surface area contributed by atoms with Gasteiger partial charge in [0.25, 0.3) is 5.91 Å². The molecule has 2 amide bonds. The molecule has 0 aliphatic carbocycles. The minimum atomic E-state index is -0.924. The molecule has 0 spiro atoms. The van der Waals surface area contributed by atoms with Crippen molar-refractivity contribution in [3.8, 4) is 11.3 Å². The van der Waals surface area contributed by atoms with Crippen molar-refractivity contribution in [1.82, 2.24) is 24.8 Å². The highest BCUT2D eigenvalue weighted by atomic mass is 16.2. The predicted molar refractivity (Wildman–Crippen MR) is 115 cm³/mol. The van der Waals surface area contributed by atoms with Gasteiger partial charge in [0.2, 0.25) is 5.91 Å². The third-order valence-electron chi connectivity index (χ3n) is 5.74. The zero-order valence-corrected chi connectivity index (χ0v) is 18.1. The third-order valence-corrected chi connectivity index (χ3v) is 5.74. The number of aromatic nitrogens is 3. The van der Waals surface area contributed by atoms with E-state index in [4.69, 9.17) is 5.10 Å². The molecule has 0 saturated carbocycles. The molecule has 1 N–H and O–H groups in total. The van der Waals surface area contributed by atoms with Crippen LogP contribution < -0.4 is 5.32 Å². The molecule has 1 fully saturated rings. The van der Waals surface area contributed by atoms with Crippen LogP contribution in [0.15, 0.2) is 36.5 Å². The van der Waals surface area contributed by atoms with Crippen LogP contribution in [0.2, 0.25) is 0 Å². The first-order valence-electron chi connectivity index (χ1n) is 10.3. The summed E-state index contributed by atoms with van der Waals surface area (Å²) in [5, 5.41) is 7.54. The van der Waals surface area contributed by atoms with Gasteiger partial charge in [0.15, 0.2) is 5.65 Å². The lowest BCUT2D eigenvalue weighted by Gasteiger charge is -2.40. The van der Waals surface area contributed by atoms with Gasteiger partial charge >= 0.3 is 0 Å². The van der Waals surface area contributed by atoms with Crippen LogP contribution in [0.1, 0.15) is 55.2 Å². The Bertz CT molecular complexity index is 1130. The van der Waals surface area contributed by atoms with Gasteiger partial charge in [-0.3, -0.25) is 9.59 Å². The maximum Gasteiger partial charge on any atom is 0.275 e. The molecule has 7 heteroatoms. The van der Waals surface area contributed by atoms with E-state index in [0.717, 1.165) is 16.8 Å². The second kappa shape index (κ2) is 7.23. The molecule has 156 valence electrons. The number of benzene rings is 1. The lowest BCUT2D eigenvalue weighted by Crippen LogP contribution is -2.63. The molecule has 1 aliphatic heterocycles. The van der Waals surface area contributed by atoms with Crippen molar-refractivity contribution in [1.29, 1.82) is 0 Å². The molecule has 0 unspecified atom stereocenters. The number of carbonyl (C=O) groups is 2. The fourth-order valence-electron chi connectivity index (χ4n) is 3.79. The van der Waals surface area contributed by atoms with Crippen LogP contribution in [0.4, 0.5) is 0 Å². The number of amides is 2. The molecule has 4 rings (SSSR count). The van der Waals surface area contributed by atoms with Crippen LogP contribution in [0, 0.1) is 6.92 Å². The zero-order valence-electron chi connectivity index (χ0n) is 18.1. The summed E-state index contributed by atoms with van der Waals surface area (Å²) in [6.07, 6.45) is 1.67. The molecule has 30 heavy (non-hydrogen) atoms. The number of piperazine rings is 1. The van der Waals surface area contributed by atoms with Crippen molar-refractivity contribution in [2.24, 2.45) is 0 Å². The maximum atomic E-state index is 13.2. The molecule has 0 radical (unpaired) electrons. The highest BCUT2D eigenvalue weighted by molar-refractivity contribution is 5.99. The predicted octanol–water partition coefficient (Wildman–Crippen LogP) is 3.18. The van der Waals surface area contributed by atoms with Crippen molar-refractivity contribution in [3.05, 3.63) is 53.3 Å². The SMILES string of the molecule is Cc1ccc(-c2cc(C(C)C)c3nc(C(=O)N4CCNC(=O)C4(C)C)cn3n2)cc1. The monoisotopic (exact) mass is 405 g/mol. The number of carbonyl (C=O) groups excluding carboxylic acids is 2. The van der Waals surface area contributed by atoms with Gasteiger partial charge < -0.3 is 10.2 Å². The van der Waals surface area contributed by atoms with Gasteiger partial charge in [0, 0.05) is 24.2 Å². The number of imidazole rings is 1. The summed E-state index contributed by atoms with van der Waals surface area (Å²) in [4.78, 5) is 31.7. The van der Waals surface area contributed by atoms with Gasteiger partial charge in [-0.15, -0.1) is 0 Å². The number of nitrogens with one attached hydrogen (secondary N) is 1. The van der Waals surface area contributed by atoms with Crippen LogP contribution in [0.3, 0.4) is 0 Å². The van der Waals surface area contributed by atoms with Crippen molar-refractivity contribution in [2.75, 3.05) is 13.1 Å². The number of hydrogen-bond donors (Lipinski definition) is 1. The Morgan fingerprint density at radius 2 is 1.90 bits per heavy atom. The average Bonchev–Trinajstić information content (AvgIpc) is 3.13.